The monoisotopic (exact) mass is 413 g/mol. The molecule has 0 radical (unpaired) electrons. The molecule has 0 bridgehead atoms. The molecule has 8 heteroatoms. The van der Waals surface area contributed by atoms with Crippen molar-refractivity contribution < 1.29 is 4.74 Å². The van der Waals surface area contributed by atoms with E-state index in [4.69, 9.17) is 27.9 Å². The number of aromatic amines is 1. The van der Waals surface area contributed by atoms with E-state index in [-0.39, 0.29) is 0 Å². The zero-order valence-corrected chi connectivity index (χ0v) is 16.6. The maximum Gasteiger partial charge on any atom is 0.177 e. The lowest BCUT2D eigenvalue weighted by Gasteiger charge is -2.10. The van der Waals surface area contributed by atoms with E-state index in [0.717, 1.165) is 28.0 Å². The van der Waals surface area contributed by atoms with E-state index < -0.39 is 0 Å². The fraction of sp³-hybridized carbons (Fsp3) is 0.150. The summed E-state index contributed by atoms with van der Waals surface area (Å²) in [5.74, 6) is 0.816. The van der Waals surface area contributed by atoms with Crippen LogP contribution in [0.5, 0.6) is 5.75 Å². The van der Waals surface area contributed by atoms with Crippen molar-refractivity contribution in [3.05, 3.63) is 81.8 Å². The highest BCUT2D eigenvalue weighted by atomic mass is 35.5. The number of hydrogen-bond acceptors (Lipinski definition) is 4. The molecular formula is C20H17Cl2N5O. The third kappa shape index (κ3) is 3.74. The maximum atomic E-state index is 6.30. The van der Waals surface area contributed by atoms with E-state index in [1.54, 1.807) is 19.8 Å². The standard InChI is InChI=1S/C20H17Cl2N5O/c1-28-14-7-5-13(6-8-14)9-23-19-18-20(25-11-24-18)27(12-26-19)10-15-16(21)3-2-4-17(15)22/h2-8,11-12H,9-10H2,1H3,(H,24,25). The van der Waals surface area contributed by atoms with Gasteiger partial charge in [0.15, 0.2) is 11.1 Å². The number of benzene rings is 2. The van der Waals surface area contributed by atoms with Crippen molar-refractivity contribution in [3.63, 3.8) is 0 Å². The van der Waals surface area contributed by atoms with E-state index in [1.165, 1.54) is 0 Å². The fourth-order valence-electron chi connectivity index (χ4n) is 2.90. The van der Waals surface area contributed by atoms with Crippen LogP contribution >= 0.6 is 23.2 Å². The Bertz CT molecular complexity index is 1160. The van der Waals surface area contributed by atoms with Gasteiger partial charge in [-0.15, -0.1) is 0 Å². The first kappa shape index (κ1) is 18.5. The van der Waals surface area contributed by atoms with Crippen LogP contribution in [-0.4, -0.2) is 26.6 Å². The molecule has 4 aromatic rings. The van der Waals surface area contributed by atoms with Gasteiger partial charge >= 0.3 is 0 Å². The average Bonchev–Trinajstić information content (AvgIpc) is 3.21. The van der Waals surface area contributed by atoms with E-state index in [2.05, 4.69) is 19.9 Å². The molecule has 28 heavy (non-hydrogen) atoms. The van der Waals surface area contributed by atoms with Gasteiger partial charge in [0.25, 0.3) is 0 Å². The van der Waals surface area contributed by atoms with E-state index in [1.807, 2.05) is 47.0 Å². The lowest BCUT2D eigenvalue weighted by molar-refractivity contribution is 0.414. The van der Waals surface area contributed by atoms with Gasteiger partial charge in [-0.25, -0.2) is 9.97 Å². The number of fused-ring (bicyclic) bond motifs is 1. The summed E-state index contributed by atoms with van der Waals surface area (Å²) in [5, 5.41) is 1.22. The third-order valence-corrected chi connectivity index (χ3v) is 5.10. The molecule has 142 valence electrons. The number of nitrogens with one attached hydrogen (secondary N) is 1. The van der Waals surface area contributed by atoms with Crippen LogP contribution in [0.2, 0.25) is 10.0 Å². The molecule has 4 rings (SSSR count). The van der Waals surface area contributed by atoms with Crippen molar-refractivity contribution >= 4 is 34.4 Å². The Labute approximate surface area is 171 Å². The van der Waals surface area contributed by atoms with Crippen molar-refractivity contribution in [1.82, 2.24) is 19.5 Å². The van der Waals surface area contributed by atoms with Crippen molar-refractivity contribution in [3.8, 4) is 5.75 Å². The number of methoxy groups -OCH3 is 1. The topological polar surface area (TPSA) is 68.1 Å². The first-order valence-electron chi connectivity index (χ1n) is 8.60. The molecule has 0 saturated carbocycles. The Morgan fingerprint density at radius 3 is 2.54 bits per heavy atom. The van der Waals surface area contributed by atoms with Gasteiger partial charge in [-0.3, -0.25) is 4.99 Å². The van der Waals surface area contributed by atoms with Crippen molar-refractivity contribution in [2.24, 2.45) is 4.99 Å². The normalized spacial score (nSPS) is 11.9. The number of hydrogen-bond donors (Lipinski definition) is 1. The molecule has 0 spiro atoms. The molecule has 1 N–H and O–H groups in total. The molecule has 0 atom stereocenters. The van der Waals surface area contributed by atoms with Crippen molar-refractivity contribution in [2.45, 2.75) is 13.1 Å². The highest BCUT2D eigenvalue weighted by Gasteiger charge is 2.10. The minimum atomic E-state index is 0.464. The Hall–Kier alpha value is -2.83. The Morgan fingerprint density at radius 1 is 1.07 bits per heavy atom. The van der Waals surface area contributed by atoms with Gasteiger partial charge in [-0.2, -0.15) is 0 Å². The van der Waals surface area contributed by atoms with Gasteiger partial charge in [0, 0.05) is 15.6 Å². The number of nitrogens with zero attached hydrogens (tertiary/aromatic N) is 4. The molecular weight excluding hydrogens is 397 g/mol. The Kier molecular flexibility index (Phi) is 5.32. The highest BCUT2D eigenvalue weighted by Crippen LogP contribution is 2.25. The minimum absolute atomic E-state index is 0.464. The van der Waals surface area contributed by atoms with Crippen LogP contribution in [0.3, 0.4) is 0 Å². The summed E-state index contributed by atoms with van der Waals surface area (Å²) in [6.07, 6.45) is 3.33. The lowest BCUT2D eigenvalue weighted by Crippen LogP contribution is -2.15. The first-order chi connectivity index (χ1) is 13.7. The number of ether oxygens (including phenoxy) is 1. The van der Waals surface area contributed by atoms with Gasteiger partial charge < -0.3 is 14.3 Å². The summed E-state index contributed by atoms with van der Waals surface area (Å²) in [4.78, 5) is 16.7. The SMILES string of the molecule is COc1ccc(CN=c2ncn(Cc3c(Cl)cccc3Cl)c3nc[nH]c23)cc1. The fourth-order valence-corrected chi connectivity index (χ4v) is 3.42. The molecule has 0 saturated heterocycles. The lowest BCUT2D eigenvalue weighted by atomic mass is 10.2. The van der Waals surface area contributed by atoms with Crippen LogP contribution in [0, 0.1) is 0 Å². The summed E-state index contributed by atoms with van der Waals surface area (Å²) >= 11 is 12.6. The van der Waals surface area contributed by atoms with Crippen LogP contribution in [-0.2, 0) is 13.1 Å². The smallest absolute Gasteiger partial charge is 0.177 e. The summed E-state index contributed by atoms with van der Waals surface area (Å²) in [5.41, 5.74) is 3.99. The van der Waals surface area contributed by atoms with Gasteiger partial charge in [0.05, 0.1) is 32.9 Å². The first-order valence-corrected chi connectivity index (χ1v) is 9.36. The average molecular weight is 414 g/mol. The summed E-state index contributed by atoms with van der Waals surface area (Å²) < 4.78 is 7.07. The largest absolute Gasteiger partial charge is 0.497 e. The molecule has 0 fully saturated rings. The molecule has 0 aliphatic heterocycles. The number of halogens is 2. The van der Waals surface area contributed by atoms with Crippen LogP contribution in [0.15, 0.2) is 60.1 Å². The number of aromatic nitrogens is 4. The third-order valence-electron chi connectivity index (χ3n) is 4.39. The number of rotatable bonds is 5. The van der Waals surface area contributed by atoms with Gasteiger partial charge in [-0.1, -0.05) is 41.4 Å². The van der Waals surface area contributed by atoms with Crippen LogP contribution in [0.25, 0.3) is 11.2 Å². The van der Waals surface area contributed by atoms with Gasteiger partial charge in [0.1, 0.15) is 11.3 Å². The summed E-state index contributed by atoms with van der Waals surface area (Å²) in [6, 6.07) is 13.2. The number of imidazole rings is 1. The second-order valence-corrected chi connectivity index (χ2v) is 6.98. The van der Waals surface area contributed by atoms with Crippen LogP contribution in [0.1, 0.15) is 11.1 Å². The second-order valence-electron chi connectivity index (χ2n) is 6.16. The maximum absolute atomic E-state index is 6.30. The van der Waals surface area contributed by atoms with E-state index in [9.17, 15) is 0 Å². The quantitative estimate of drug-likeness (QED) is 0.532. The van der Waals surface area contributed by atoms with E-state index >= 15 is 0 Å². The Morgan fingerprint density at radius 2 is 1.82 bits per heavy atom. The molecule has 2 heterocycles. The summed E-state index contributed by atoms with van der Waals surface area (Å²) in [6.45, 7) is 0.969. The number of H-pyrrole nitrogens is 1. The van der Waals surface area contributed by atoms with Crippen molar-refractivity contribution in [1.29, 1.82) is 0 Å². The van der Waals surface area contributed by atoms with E-state index in [0.29, 0.717) is 28.6 Å². The zero-order valence-electron chi connectivity index (χ0n) is 15.1. The molecule has 2 aromatic carbocycles. The molecule has 0 unspecified atom stereocenters. The van der Waals surface area contributed by atoms with Crippen LogP contribution in [0.4, 0.5) is 0 Å². The summed E-state index contributed by atoms with van der Waals surface area (Å²) in [7, 11) is 1.65. The van der Waals surface area contributed by atoms with Crippen molar-refractivity contribution in [2.75, 3.05) is 7.11 Å². The second kappa shape index (κ2) is 8.04. The van der Waals surface area contributed by atoms with Gasteiger partial charge in [-0.05, 0) is 29.8 Å². The molecule has 0 aliphatic rings. The predicted molar refractivity (Wildman–Crippen MR) is 110 cm³/mol. The molecule has 6 nitrogen and oxygen atoms in total. The predicted octanol–water partition coefficient (Wildman–Crippen LogP) is 4.22. The zero-order chi connectivity index (χ0) is 19.5. The highest BCUT2D eigenvalue weighted by molar-refractivity contribution is 6.36. The van der Waals surface area contributed by atoms with Gasteiger partial charge in [0.2, 0.25) is 0 Å². The molecule has 2 aromatic heterocycles. The molecule has 0 amide bonds. The Balaban J connectivity index is 1.67. The molecule has 0 aliphatic carbocycles. The minimum Gasteiger partial charge on any atom is -0.497 e. The van der Waals surface area contributed by atoms with Crippen LogP contribution < -0.4 is 10.2 Å².